The third-order valence-electron chi connectivity index (χ3n) is 5.71. The Morgan fingerprint density at radius 3 is 2.41 bits per heavy atom. The molecule has 2 aromatic carbocycles. The first-order valence-corrected chi connectivity index (χ1v) is 11.6. The minimum absolute atomic E-state index is 0.255. The average molecular weight is 466 g/mol. The van der Waals surface area contributed by atoms with Crippen LogP contribution in [0.5, 0.6) is 0 Å². The van der Waals surface area contributed by atoms with Gasteiger partial charge < -0.3 is 0 Å². The van der Waals surface area contributed by atoms with Gasteiger partial charge in [0.05, 0.1) is 6.54 Å². The maximum atomic E-state index is 14.5. The summed E-state index contributed by atoms with van der Waals surface area (Å²) in [5.41, 5.74) is 3.86. The minimum atomic E-state index is -3.02. The number of hydrogen-bond acceptors (Lipinski definition) is 5. The van der Waals surface area contributed by atoms with E-state index in [0.29, 0.717) is 37.0 Å². The summed E-state index contributed by atoms with van der Waals surface area (Å²) in [6, 6.07) is 15.9. The lowest BCUT2D eigenvalue weighted by Crippen LogP contribution is -2.15. The standard InChI is InChI=1S/C25H29F2N7/c1-4-15-25(26,27)24-28-22(14-9-17(2)3)34(31-24)16-18-10-12-19(13-11-18)20-7-5-6-8-21(20)23-29-32-33-30-23/h5-8,10-13,17H,4,9,14-16H2,1-3H3,(H,29,30,32,33). The Hall–Kier alpha value is -3.49. The Morgan fingerprint density at radius 2 is 1.76 bits per heavy atom. The van der Waals surface area contributed by atoms with Gasteiger partial charge in [-0.3, -0.25) is 0 Å². The smallest absolute Gasteiger partial charge is 0.245 e. The first kappa shape index (κ1) is 23.7. The van der Waals surface area contributed by atoms with Gasteiger partial charge in [0.1, 0.15) is 5.82 Å². The molecule has 0 amide bonds. The lowest BCUT2D eigenvalue weighted by Gasteiger charge is -2.11. The highest BCUT2D eigenvalue weighted by Gasteiger charge is 2.36. The fourth-order valence-electron chi connectivity index (χ4n) is 3.86. The van der Waals surface area contributed by atoms with Gasteiger partial charge in [0, 0.05) is 18.4 Å². The van der Waals surface area contributed by atoms with Crippen LogP contribution in [-0.4, -0.2) is 35.4 Å². The molecule has 178 valence electrons. The van der Waals surface area contributed by atoms with Crippen LogP contribution in [0.1, 0.15) is 57.2 Å². The van der Waals surface area contributed by atoms with Crippen LogP contribution in [0.15, 0.2) is 48.5 Å². The SMILES string of the molecule is CCCC(F)(F)c1nc(CCC(C)C)n(Cc2ccc(-c3ccccc3-c3nnn[nH]3)cc2)n1. The zero-order valence-electron chi connectivity index (χ0n) is 19.7. The number of H-pyrrole nitrogens is 1. The summed E-state index contributed by atoms with van der Waals surface area (Å²) >= 11 is 0. The summed E-state index contributed by atoms with van der Waals surface area (Å²) < 4.78 is 30.7. The molecular formula is C25H29F2N7. The highest BCUT2D eigenvalue weighted by molar-refractivity contribution is 5.80. The first-order valence-electron chi connectivity index (χ1n) is 11.6. The molecule has 2 aromatic heterocycles. The molecule has 7 nitrogen and oxygen atoms in total. The van der Waals surface area contributed by atoms with Gasteiger partial charge in [0.2, 0.25) is 5.82 Å². The number of nitrogens with zero attached hydrogens (tertiary/aromatic N) is 6. The number of rotatable bonds is 10. The second-order valence-electron chi connectivity index (χ2n) is 8.89. The largest absolute Gasteiger partial charge is 0.308 e. The Bertz CT molecular complexity index is 1200. The second kappa shape index (κ2) is 10.2. The molecule has 0 atom stereocenters. The van der Waals surface area contributed by atoms with E-state index in [1.54, 1.807) is 11.6 Å². The Balaban J connectivity index is 1.60. The molecule has 0 aliphatic heterocycles. The quantitative estimate of drug-likeness (QED) is 0.327. The van der Waals surface area contributed by atoms with Gasteiger partial charge in [-0.1, -0.05) is 69.3 Å². The van der Waals surface area contributed by atoms with Crippen LogP contribution in [0.3, 0.4) is 0 Å². The predicted molar refractivity (Wildman–Crippen MR) is 126 cm³/mol. The van der Waals surface area contributed by atoms with Gasteiger partial charge in [0.15, 0.2) is 5.82 Å². The van der Waals surface area contributed by atoms with Crippen molar-refractivity contribution >= 4 is 0 Å². The summed E-state index contributed by atoms with van der Waals surface area (Å²) in [5.74, 6) is -1.75. The van der Waals surface area contributed by atoms with Crippen LogP contribution in [0.2, 0.25) is 0 Å². The fraction of sp³-hybridized carbons (Fsp3) is 0.400. The van der Waals surface area contributed by atoms with E-state index in [1.807, 2.05) is 48.5 Å². The molecule has 0 spiro atoms. The molecule has 0 fully saturated rings. The maximum Gasteiger partial charge on any atom is 0.308 e. The summed E-state index contributed by atoms with van der Waals surface area (Å²) in [5, 5.41) is 18.4. The van der Waals surface area contributed by atoms with Gasteiger partial charge in [0.25, 0.3) is 0 Å². The Labute approximate surface area is 197 Å². The molecule has 0 aliphatic rings. The van der Waals surface area contributed by atoms with Crippen molar-refractivity contribution < 1.29 is 8.78 Å². The molecule has 0 saturated heterocycles. The zero-order chi connectivity index (χ0) is 24.1. The van der Waals surface area contributed by atoms with E-state index in [9.17, 15) is 8.78 Å². The first-order chi connectivity index (χ1) is 16.4. The van der Waals surface area contributed by atoms with Gasteiger partial charge >= 0.3 is 5.92 Å². The van der Waals surface area contributed by atoms with Crippen molar-refractivity contribution in [1.29, 1.82) is 0 Å². The molecule has 0 unspecified atom stereocenters. The molecule has 4 aromatic rings. The van der Waals surface area contributed by atoms with Crippen molar-refractivity contribution in [2.24, 2.45) is 5.92 Å². The van der Waals surface area contributed by atoms with E-state index in [1.165, 1.54) is 0 Å². The van der Waals surface area contributed by atoms with Gasteiger partial charge in [-0.2, -0.15) is 8.78 Å². The third-order valence-corrected chi connectivity index (χ3v) is 5.71. The summed E-state index contributed by atoms with van der Waals surface area (Å²) in [4.78, 5) is 4.25. The van der Waals surface area contributed by atoms with Gasteiger partial charge in [-0.25, -0.2) is 14.8 Å². The Morgan fingerprint density at radius 1 is 1.03 bits per heavy atom. The number of aromatic nitrogens is 7. The second-order valence-corrected chi connectivity index (χ2v) is 8.89. The van der Waals surface area contributed by atoms with Crippen molar-refractivity contribution in [2.75, 3.05) is 0 Å². The van der Waals surface area contributed by atoms with Crippen LogP contribution in [-0.2, 0) is 18.9 Å². The van der Waals surface area contributed by atoms with Crippen LogP contribution in [0.25, 0.3) is 22.5 Å². The molecular weight excluding hydrogens is 436 g/mol. The highest BCUT2D eigenvalue weighted by atomic mass is 19.3. The van der Waals surface area contributed by atoms with E-state index in [4.69, 9.17) is 0 Å². The van der Waals surface area contributed by atoms with Crippen LogP contribution < -0.4 is 0 Å². The molecule has 9 heteroatoms. The molecule has 2 heterocycles. The third kappa shape index (κ3) is 5.35. The number of tetrazole rings is 1. The maximum absolute atomic E-state index is 14.5. The number of benzene rings is 2. The van der Waals surface area contributed by atoms with Crippen molar-refractivity contribution in [3.05, 3.63) is 65.7 Å². The predicted octanol–water partition coefficient (Wildman–Crippen LogP) is 5.65. The van der Waals surface area contributed by atoms with Crippen molar-refractivity contribution in [1.82, 2.24) is 35.4 Å². The van der Waals surface area contributed by atoms with E-state index in [-0.39, 0.29) is 12.2 Å². The number of nitrogens with one attached hydrogen (secondary N) is 1. The normalized spacial score (nSPS) is 11.9. The number of alkyl halides is 2. The van der Waals surface area contributed by atoms with Crippen molar-refractivity contribution in [2.45, 2.75) is 58.9 Å². The van der Waals surface area contributed by atoms with E-state index < -0.39 is 5.92 Å². The van der Waals surface area contributed by atoms with Crippen molar-refractivity contribution in [3.8, 4) is 22.5 Å². The fourth-order valence-corrected chi connectivity index (χ4v) is 3.86. The average Bonchev–Trinajstić information content (AvgIpc) is 3.49. The summed E-state index contributed by atoms with van der Waals surface area (Å²) in [6.07, 6.45) is 1.60. The number of aromatic amines is 1. The molecule has 0 saturated carbocycles. The lowest BCUT2D eigenvalue weighted by molar-refractivity contribution is -0.0232. The highest BCUT2D eigenvalue weighted by Crippen LogP contribution is 2.32. The van der Waals surface area contributed by atoms with Crippen LogP contribution in [0, 0.1) is 5.92 Å². The molecule has 0 bridgehead atoms. The molecule has 34 heavy (non-hydrogen) atoms. The van der Waals surface area contributed by atoms with E-state index in [2.05, 4.69) is 44.6 Å². The van der Waals surface area contributed by atoms with Crippen LogP contribution >= 0.6 is 0 Å². The molecule has 0 radical (unpaired) electrons. The minimum Gasteiger partial charge on any atom is -0.245 e. The summed E-state index contributed by atoms with van der Waals surface area (Å²) in [6.45, 7) is 6.34. The van der Waals surface area contributed by atoms with Crippen LogP contribution in [0.4, 0.5) is 8.78 Å². The summed E-state index contributed by atoms with van der Waals surface area (Å²) in [7, 11) is 0. The number of aryl methyl sites for hydroxylation is 1. The van der Waals surface area contributed by atoms with E-state index in [0.717, 1.165) is 28.7 Å². The van der Waals surface area contributed by atoms with Gasteiger partial charge in [-0.15, -0.1) is 10.2 Å². The van der Waals surface area contributed by atoms with Gasteiger partial charge in [-0.05, 0) is 45.9 Å². The zero-order valence-corrected chi connectivity index (χ0v) is 19.7. The molecule has 0 aliphatic carbocycles. The van der Waals surface area contributed by atoms with E-state index >= 15 is 0 Å². The number of halogens is 2. The monoisotopic (exact) mass is 465 g/mol. The number of hydrogen-bond donors (Lipinski definition) is 1. The van der Waals surface area contributed by atoms with Crippen molar-refractivity contribution in [3.63, 3.8) is 0 Å². The molecule has 4 rings (SSSR count). The Kier molecular flexibility index (Phi) is 7.09. The topological polar surface area (TPSA) is 85.2 Å². The lowest BCUT2D eigenvalue weighted by atomic mass is 9.98. The molecule has 1 N–H and O–H groups in total.